The molecule has 1 aromatic heterocycles. The molecule has 1 aliphatic carbocycles. The maximum atomic E-state index is 13.3. The summed E-state index contributed by atoms with van der Waals surface area (Å²) in [6.07, 6.45) is 8.53. The second-order valence-corrected chi connectivity index (χ2v) is 8.54. The molecule has 1 aliphatic heterocycles. The van der Waals surface area contributed by atoms with Crippen molar-refractivity contribution in [1.29, 1.82) is 0 Å². The first-order valence-electron chi connectivity index (χ1n) is 11.3. The van der Waals surface area contributed by atoms with E-state index in [0.717, 1.165) is 50.5 Å². The summed E-state index contributed by atoms with van der Waals surface area (Å²) in [7, 11) is 1.74. The third-order valence-corrected chi connectivity index (χ3v) is 6.64. The van der Waals surface area contributed by atoms with E-state index in [1.165, 1.54) is 24.8 Å². The van der Waals surface area contributed by atoms with Gasteiger partial charge in [-0.3, -0.25) is 9.69 Å². The Bertz CT molecular complexity index is 820. The maximum Gasteiger partial charge on any atom is 0.231 e. The van der Waals surface area contributed by atoms with E-state index in [9.17, 15) is 4.79 Å². The second-order valence-electron chi connectivity index (χ2n) is 8.54. The molecule has 30 heavy (non-hydrogen) atoms. The maximum absolute atomic E-state index is 13.3. The van der Waals surface area contributed by atoms with Crippen molar-refractivity contribution in [2.75, 3.05) is 38.2 Å². The number of methoxy groups -OCH3 is 1. The monoisotopic (exact) mass is 407 g/mol. The van der Waals surface area contributed by atoms with Crippen LogP contribution in [0.1, 0.15) is 50.0 Å². The zero-order chi connectivity index (χ0) is 20.8. The number of para-hydroxylation sites is 1. The highest BCUT2D eigenvalue weighted by Gasteiger charge is 2.30. The van der Waals surface area contributed by atoms with Crippen LogP contribution in [0.25, 0.3) is 0 Å². The fraction of sp³-hybridized carbons (Fsp3) is 0.520. The molecule has 0 bridgehead atoms. The minimum absolute atomic E-state index is 0.153. The molecule has 0 unspecified atom stereocenters. The van der Waals surface area contributed by atoms with E-state index in [1.807, 2.05) is 35.2 Å². The summed E-state index contributed by atoms with van der Waals surface area (Å²) in [5.41, 5.74) is 1.29. The Hall–Kier alpha value is -2.40. The zero-order valence-electron chi connectivity index (χ0n) is 18.0. The number of pyridine rings is 1. The number of nitrogens with zero attached hydrogens (tertiary/aromatic N) is 3. The Morgan fingerprint density at radius 1 is 1.10 bits per heavy atom. The standard InChI is InChI=1S/C25H33N3O2/c1-30-23-12-6-5-11-22(23)21-14-16-27(19-21)17-18-28(24-13-7-8-15-26-24)25(29)20-9-3-2-4-10-20/h5-8,11-13,15,20-21H,2-4,9-10,14,16-19H2,1H3/t21-/m1/s1. The number of anilines is 1. The third-order valence-electron chi connectivity index (χ3n) is 6.64. The average molecular weight is 408 g/mol. The highest BCUT2D eigenvalue weighted by molar-refractivity contribution is 5.94. The first-order chi connectivity index (χ1) is 14.8. The molecule has 2 heterocycles. The Morgan fingerprint density at radius 2 is 1.90 bits per heavy atom. The van der Waals surface area contributed by atoms with Gasteiger partial charge in [-0.2, -0.15) is 0 Å². The van der Waals surface area contributed by atoms with Gasteiger partial charge in [-0.25, -0.2) is 4.98 Å². The Kier molecular flexibility index (Phi) is 7.00. The van der Waals surface area contributed by atoms with Gasteiger partial charge in [-0.15, -0.1) is 0 Å². The number of hydrogen-bond donors (Lipinski definition) is 0. The van der Waals surface area contributed by atoms with Crippen LogP contribution < -0.4 is 9.64 Å². The smallest absolute Gasteiger partial charge is 0.231 e. The van der Waals surface area contributed by atoms with Crippen molar-refractivity contribution in [3.8, 4) is 5.75 Å². The highest BCUT2D eigenvalue weighted by atomic mass is 16.5. The van der Waals surface area contributed by atoms with Crippen molar-refractivity contribution in [2.45, 2.75) is 44.4 Å². The molecule has 1 amide bonds. The number of carbonyl (C=O) groups is 1. The van der Waals surface area contributed by atoms with E-state index in [-0.39, 0.29) is 11.8 Å². The Labute approximate surface area is 180 Å². The molecule has 5 heteroatoms. The van der Waals surface area contributed by atoms with Crippen LogP contribution in [-0.4, -0.2) is 49.1 Å². The van der Waals surface area contributed by atoms with Crippen LogP contribution in [0.5, 0.6) is 5.75 Å². The molecule has 0 radical (unpaired) electrons. The number of benzene rings is 1. The topological polar surface area (TPSA) is 45.7 Å². The van der Waals surface area contributed by atoms with E-state index in [1.54, 1.807) is 13.3 Å². The van der Waals surface area contributed by atoms with Crippen LogP contribution in [0.15, 0.2) is 48.7 Å². The number of hydrogen-bond acceptors (Lipinski definition) is 4. The Morgan fingerprint density at radius 3 is 2.67 bits per heavy atom. The first-order valence-corrected chi connectivity index (χ1v) is 11.3. The van der Waals surface area contributed by atoms with E-state index < -0.39 is 0 Å². The molecule has 0 spiro atoms. The lowest BCUT2D eigenvalue weighted by molar-refractivity contribution is -0.123. The molecule has 1 saturated carbocycles. The molecule has 1 aromatic carbocycles. The lowest BCUT2D eigenvalue weighted by atomic mass is 9.88. The molecule has 2 fully saturated rings. The van der Waals surface area contributed by atoms with Gasteiger partial charge in [0.05, 0.1) is 7.11 Å². The van der Waals surface area contributed by atoms with Crippen LogP contribution in [0, 0.1) is 5.92 Å². The zero-order valence-corrected chi connectivity index (χ0v) is 18.0. The fourth-order valence-electron chi connectivity index (χ4n) is 4.96. The van der Waals surface area contributed by atoms with Crippen LogP contribution in [0.4, 0.5) is 5.82 Å². The quantitative estimate of drug-likeness (QED) is 0.678. The SMILES string of the molecule is COc1ccccc1[C@@H]1CCN(CCN(C(=O)C2CCCCC2)c2ccccn2)C1. The summed E-state index contributed by atoms with van der Waals surface area (Å²) in [6.45, 7) is 3.64. The molecule has 4 rings (SSSR count). The minimum Gasteiger partial charge on any atom is -0.496 e. The summed E-state index contributed by atoms with van der Waals surface area (Å²) in [5.74, 6) is 2.66. The van der Waals surface area contributed by atoms with Gasteiger partial charge in [-0.1, -0.05) is 43.5 Å². The lowest BCUT2D eigenvalue weighted by Crippen LogP contribution is -2.42. The van der Waals surface area contributed by atoms with Crippen LogP contribution in [0.2, 0.25) is 0 Å². The molecule has 160 valence electrons. The number of likely N-dealkylation sites (tertiary alicyclic amines) is 1. The summed E-state index contributed by atoms with van der Waals surface area (Å²) in [4.78, 5) is 22.2. The van der Waals surface area contributed by atoms with Crippen molar-refractivity contribution in [3.05, 3.63) is 54.2 Å². The first kappa shape index (κ1) is 20.9. The molecule has 2 aliphatic rings. The Balaban J connectivity index is 1.41. The van der Waals surface area contributed by atoms with Crippen LogP contribution in [0.3, 0.4) is 0 Å². The van der Waals surface area contributed by atoms with Crippen molar-refractivity contribution < 1.29 is 9.53 Å². The molecule has 0 N–H and O–H groups in total. The van der Waals surface area contributed by atoms with Crippen LogP contribution >= 0.6 is 0 Å². The van der Waals surface area contributed by atoms with Crippen molar-refractivity contribution in [1.82, 2.24) is 9.88 Å². The van der Waals surface area contributed by atoms with E-state index in [4.69, 9.17) is 4.74 Å². The van der Waals surface area contributed by atoms with Gasteiger partial charge in [0.1, 0.15) is 11.6 Å². The largest absolute Gasteiger partial charge is 0.496 e. The predicted octanol–water partition coefficient (Wildman–Crippen LogP) is 4.49. The van der Waals surface area contributed by atoms with Crippen molar-refractivity contribution in [2.24, 2.45) is 5.92 Å². The number of amides is 1. The summed E-state index contributed by atoms with van der Waals surface area (Å²) >= 11 is 0. The fourth-order valence-corrected chi connectivity index (χ4v) is 4.96. The van der Waals surface area contributed by atoms with E-state index in [0.29, 0.717) is 12.5 Å². The van der Waals surface area contributed by atoms with Gasteiger partial charge in [0.25, 0.3) is 0 Å². The van der Waals surface area contributed by atoms with E-state index >= 15 is 0 Å². The molecule has 5 nitrogen and oxygen atoms in total. The van der Waals surface area contributed by atoms with Crippen LogP contribution in [-0.2, 0) is 4.79 Å². The van der Waals surface area contributed by atoms with Gasteiger partial charge in [0, 0.05) is 37.7 Å². The summed E-state index contributed by atoms with van der Waals surface area (Å²) in [6, 6.07) is 14.2. The second kappa shape index (κ2) is 10.1. The minimum atomic E-state index is 0.153. The lowest BCUT2D eigenvalue weighted by Gasteiger charge is -2.30. The van der Waals surface area contributed by atoms with Gasteiger partial charge < -0.3 is 9.64 Å². The molecular formula is C25H33N3O2. The average Bonchev–Trinajstić information content (AvgIpc) is 3.29. The van der Waals surface area contributed by atoms with Gasteiger partial charge in [-0.05, 0) is 49.6 Å². The number of rotatable bonds is 7. The van der Waals surface area contributed by atoms with Gasteiger partial charge in [0.15, 0.2) is 0 Å². The number of aromatic nitrogens is 1. The molecule has 1 atom stereocenters. The number of carbonyl (C=O) groups excluding carboxylic acids is 1. The highest BCUT2D eigenvalue weighted by Crippen LogP contribution is 2.33. The normalized spacial score (nSPS) is 20.2. The van der Waals surface area contributed by atoms with Crippen molar-refractivity contribution >= 4 is 11.7 Å². The van der Waals surface area contributed by atoms with Gasteiger partial charge in [0.2, 0.25) is 5.91 Å². The molecular weight excluding hydrogens is 374 g/mol. The molecule has 1 saturated heterocycles. The summed E-state index contributed by atoms with van der Waals surface area (Å²) < 4.78 is 5.57. The summed E-state index contributed by atoms with van der Waals surface area (Å²) in [5, 5.41) is 0. The van der Waals surface area contributed by atoms with Gasteiger partial charge >= 0.3 is 0 Å². The predicted molar refractivity (Wildman–Crippen MR) is 120 cm³/mol. The molecule has 2 aromatic rings. The third kappa shape index (κ3) is 4.84. The van der Waals surface area contributed by atoms with Crippen molar-refractivity contribution in [3.63, 3.8) is 0 Å². The van der Waals surface area contributed by atoms with E-state index in [2.05, 4.69) is 22.0 Å². The number of ether oxygens (including phenoxy) is 1.